The summed E-state index contributed by atoms with van der Waals surface area (Å²) in [6.07, 6.45) is 0.330. The molecule has 1 aliphatic rings. The van der Waals surface area contributed by atoms with E-state index in [-0.39, 0.29) is 24.5 Å². The maximum absolute atomic E-state index is 12.6. The first-order chi connectivity index (χ1) is 13.5. The van der Waals surface area contributed by atoms with Crippen LogP contribution < -0.4 is 14.8 Å². The fraction of sp³-hybridized carbons (Fsp3) is 0.364. The molecule has 0 saturated carbocycles. The first kappa shape index (κ1) is 19.7. The third-order valence-electron chi connectivity index (χ3n) is 4.86. The van der Waals surface area contributed by atoms with Gasteiger partial charge in [-0.2, -0.15) is 0 Å². The van der Waals surface area contributed by atoms with Crippen molar-refractivity contribution in [2.75, 3.05) is 11.9 Å². The lowest BCUT2D eigenvalue weighted by Crippen LogP contribution is -2.42. The summed E-state index contributed by atoms with van der Waals surface area (Å²) in [6.45, 7) is 6.23. The summed E-state index contributed by atoms with van der Waals surface area (Å²) < 4.78 is 11.3. The van der Waals surface area contributed by atoms with Crippen molar-refractivity contribution in [3.05, 3.63) is 54.1 Å². The highest BCUT2D eigenvalue weighted by Gasteiger charge is 2.30. The Morgan fingerprint density at radius 2 is 2.04 bits per heavy atom. The zero-order valence-corrected chi connectivity index (χ0v) is 16.5. The van der Waals surface area contributed by atoms with Gasteiger partial charge in [0.2, 0.25) is 0 Å². The standard InChI is InChI=1S/C22H26N2O4/c1-4-15(2)24-13-17-12-18(10-11-20(17)28-16(3)22(24)26)23-21(25)14-27-19-8-6-5-7-9-19/h5-12,15-16H,4,13-14H2,1-3H3,(H,23,25). The van der Waals surface area contributed by atoms with Gasteiger partial charge in [-0.3, -0.25) is 9.59 Å². The Bertz CT molecular complexity index is 838. The molecule has 6 heteroatoms. The molecule has 2 aromatic carbocycles. The highest BCUT2D eigenvalue weighted by Crippen LogP contribution is 2.29. The van der Waals surface area contributed by atoms with Gasteiger partial charge in [0.25, 0.3) is 11.8 Å². The Labute approximate surface area is 165 Å². The molecule has 1 N–H and O–H groups in total. The van der Waals surface area contributed by atoms with E-state index < -0.39 is 6.10 Å². The van der Waals surface area contributed by atoms with Crippen LogP contribution in [0.15, 0.2) is 48.5 Å². The third kappa shape index (κ3) is 4.63. The number of ether oxygens (including phenoxy) is 2. The molecule has 148 valence electrons. The van der Waals surface area contributed by atoms with Crippen LogP contribution in [0, 0.1) is 0 Å². The van der Waals surface area contributed by atoms with Crippen molar-refractivity contribution in [2.24, 2.45) is 0 Å². The van der Waals surface area contributed by atoms with Crippen LogP contribution in [0.2, 0.25) is 0 Å². The van der Waals surface area contributed by atoms with Gasteiger partial charge in [0.05, 0.1) is 0 Å². The molecule has 2 unspecified atom stereocenters. The number of rotatable bonds is 6. The number of hydrogen-bond acceptors (Lipinski definition) is 4. The van der Waals surface area contributed by atoms with Crippen LogP contribution in [-0.2, 0) is 16.1 Å². The first-order valence-corrected chi connectivity index (χ1v) is 9.55. The normalized spacial score (nSPS) is 17.2. The van der Waals surface area contributed by atoms with E-state index in [1.54, 1.807) is 31.2 Å². The number of carbonyl (C=O) groups excluding carboxylic acids is 2. The number of hydrogen-bond donors (Lipinski definition) is 1. The minimum Gasteiger partial charge on any atom is -0.484 e. The SMILES string of the molecule is CCC(C)N1Cc2cc(NC(=O)COc3ccccc3)ccc2OC(C)C1=O. The van der Waals surface area contributed by atoms with Crippen LogP contribution in [0.25, 0.3) is 0 Å². The Morgan fingerprint density at radius 3 is 2.75 bits per heavy atom. The predicted octanol–water partition coefficient (Wildman–Crippen LogP) is 3.61. The van der Waals surface area contributed by atoms with Crippen LogP contribution >= 0.6 is 0 Å². The summed E-state index contributed by atoms with van der Waals surface area (Å²) in [5, 5.41) is 2.84. The lowest BCUT2D eigenvalue weighted by molar-refractivity contribution is -0.139. The van der Waals surface area contributed by atoms with E-state index in [2.05, 4.69) is 12.2 Å². The molecule has 0 saturated heterocycles. The topological polar surface area (TPSA) is 67.9 Å². The Balaban J connectivity index is 1.70. The molecule has 0 bridgehead atoms. The molecule has 2 atom stereocenters. The van der Waals surface area contributed by atoms with Gasteiger partial charge in [0, 0.05) is 23.8 Å². The number of carbonyl (C=O) groups is 2. The van der Waals surface area contributed by atoms with E-state index >= 15 is 0 Å². The molecule has 0 aliphatic carbocycles. The number of amides is 2. The van der Waals surface area contributed by atoms with E-state index in [1.807, 2.05) is 36.1 Å². The maximum Gasteiger partial charge on any atom is 0.263 e. The predicted molar refractivity (Wildman–Crippen MR) is 107 cm³/mol. The molecular weight excluding hydrogens is 356 g/mol. The Morgan fingerprint density at radius 1 is 1.29 bits per heavy atom. The number of fused-ring (bicyclic) bond motifs is 1. The molecular formula is C22H26N2O4. The molecule has 0 spiro atoms. The van der Waals surface area contributed by atoms with Crippen molar-refractivity contribution >= 4 is 17.5 Å². The fourth-order valence-electron chi connectivity index (χ4n) is 3.09. The second-order valence-corrected chi connectivity index (χ2v) is 6.96. The lowest BCUT2D eigenvalue weighted by atomic mass is 10.1. The zero-order chi connectivity index (χ0) is 20.1. The van der Waals surface area contributed by atoms with Gasteiger partial charge in [0.1, 0.15) is 11.5 Å². The summed E-state index contributed by atoms with van der Waals surface area (Å²) in [4.78, 5) is 26.7. The number of benzene rings is 2. The van der Waals surface area contributed by atoms with Crippen molar-refractivity contribution in [2.45, 2.75) is 45.9 Å². The smallest absolute Gasteiger partial charge is 0.263 e. The van der Waals surface area contributed by atoms with Gasteiger partial charge >= 0.3 is 0 Å². The fourth-order valence-corrected chi connectivity index (χ4v) is 3.09. The molecule has 6 nitrogen and oxygen atoms in total. The largest absolute Gasteiger partial charge is 0.484 e. The Hall–Kier alpha value is -3.02. The lowest BCUT2D eigenvalue weighted by Gasteiger charge is -2.28. The molecule has 0 fully saturated rings. The number of nitrogens with zero attached hydrogens (tertiary/aromatic N) is 1. The monoisotopic (exact) mass is 382 g/mol. The molecule has 2 aromatic rings. The van der Waals surface area contributed by atoms with Crippen molar-refractivity contribution in [1.82, 2.24) is 4.90 Å². The van der Waals surface area contributed by atoms with E-state index in [0.717, 1.165) is 12.0 Å². The Kier molecular flexibility index (Phi) is 6.19. The van der Waals surface area contributed by atoms with E-state index in [0.29, 0.717) is 23.7 Å². The average molecular weight is 382 g/mol. The van der Waals surface area contributed by atoms with Crippen molar-refractivity contribution < 1.29 is 19.1 Å². The summed E-state index contributed by atoms with van der Waals surface area (Å²) in [5.41, 5.74) is 1.52. The van der Waals surface area contributed by atoms with E-state index in [4.69, 9.17) is 9.47 Å². The highest BCUT2D eigenvalue weighted by atomic mass is 16.5. The molecule has 28 heavy (non-hydrogen) atoms. The summed E-state index contributed by atoms with van der Waals surface area (Å²) in [6, 6.07) is 14.7. The summed E-state index contributed by atoms with van der Waals surface area (Å²) in [5.74, 6) is 1.05. The van der Waals surface area contributed by atoms with Gasteiger partial charge in [-0.1, -0.05) is 25.1 Å². The van der Waals surface area contributed by atoms with Gasteiger partial charge in [-0.25, -0.2) is 0 Å². The highest BCUT2D eigenvalue weighted by molar-refractivity contribution is 5.92. The molecule has 1 heterocycles. The van der Waals surface area contributed by atoms with Crippen molar-refractivity contribution in [1.29, 1.82) is 0 Å². The zero-order valence-electron chi connectivity index (χ0n) is 16.5. The van der Waals surface area contributed by atoms with Crippen LogP contribution in [-0.4, -0.2) is 35.5 Å². The summed E-state index contributed by atoms with van der Waals surface area (Å²) >= 11 is 0. The van der Waals surface area contributed by atoms with Crippen molar-refractivity contribution in [3.8, 4) is 11.5 Å². The van der Waals surface area contributed by atoms with Crippen molar-refractivity contribution in [3.63, 3.8) is 0 Å². The van der Waals surface area contributed by atoms with Crippen LogP contribution in [0.4, 0.5) is 5.69 Å². The second kappa shape index (κ2) is 8.78. The first-order valence-electron chi connectivity index (χ1n) is 9.55. The molecule has 3 rings (SSSR count). The van der Waals surface area contributed by atoms with Gasteiger partial charge < -0.3 is 19.7 Å². The second-order valence-electron chi connectivity index (χ2n) is 6.96. The van der Waals surface area contributed by atoms with Gasteiger partial charge in [-0.15, -0.1) is 0 Å². The van der Waals surface area contributed by atoms with E-state index in [1.165, 1.54) is 0 Å². The van der Waals surface area contributed by atoms with Crippen LogP contribution in [0.1, 0.15) is 32.8 Å². The molecule has 1 aliphatic heterocycles. The minimum atomic E-state index is -0.532. The third-order valence-corrected chi connectivity index (χ3v) is 4.86. The van der Waals surface area contributed by atoms with Gasteiger partial charge in [-0.05, 0) is 50.6 Å². The molecule has 0 radical (unpaired) electrons. The number of nitrogens with one attached hydrogen (secondary N) is 1. The number of para-hydroxylation sites is 1. The number of anilines is 1. The maximum atomic E-state index is 12.6. The summed E-state index contributed by atoms with van der Waals surface area (Å²) in [7, 11) is 0. The van der Waals surface area contributed by atoms with E-state index in [9.17, 15) is 9.59 Å². The van der Waals surface area contributed by atoms with Gasteiger partial charge in [0.15, 0.2) is 12.7 Å². The van der Waals surface area contributed by atoms with Crippen LogP contribution in [0.5, 0.6) is 11.5 Å². The molecule has 2 amide bonds. The minimum absolute atomic E-state index is 0.0209. The van der Waals surface area contributed by atoms with Crippen LogP contribution in [0.3, 0.4) is 0 Å². The average Bonchev–Trinajstić information content (AvgIpc) is 2.83. The quantitative estimate of drug-likeness (QED) is 0.829. The molecule has 0 aromatic heterocycles.